The fourth-order valence-corrected chi connectivity index (χ4v) is 2.41. The summed E-state index contributed by atoms with van der Waals surface area (Å²) in [5.74, 6) is 1.83. The maximum absolute atomic E-state index is 4.36. The van der Waals surface area contributed by atoms with Crippen molar-refractivity contribution in [1.82, 2.24) is 9.97 Å². The van der Waals surface area contributed by atoms with E-state index in [9.17, 15) is 0 Å². The van der Waals surface area contributed by atoms with Crippen molar-refractivity contribution in [1.29, 1.82) is 0 Å². The Morgan fingerprint density at radius 3 is 3.06 bits per heavy atom. The summed E-state index contributed by atoms with van der Waals surface area (Å²) in [5, 5.41) is 4.66. The highest BCUT2D eigenvalue weighted by Gasteiger charge is 2.36. The zero-order valence-corrected chi connectivity index (χ0v) is 10.1. The summed E-state index contributed by atoms with van der Waals surface area (Å²) in [6, 6.07) is 8.77. The van der Waals surface area contributed by atoms with E-state index in [2.05, 4.69) is 28.3 Å². The molecule has 1 fully saturated rings. The minimum Gasteiger partial charge on any atom is -0.366 e. The molecular formula is C14H17N3. The van der Waals surface area contributed by atoms with E-state index < -0.39 is 0 Å². The molecule has 1 N–H and O–H groups in total. The number of anilines is 1. The molecule has 3 nitrogen and oxygen atoms in total. The highest BCUT2D eigenvalue weighted by molar-refractivity contribution is 5.88. The minimum atomic E-state index is 0.619. The number of nitrogens with zero attached hydrogens (tertiary/aromatic N) is 2. The first-order valence-corrected chi connectivity index (χ1v) is 6.34. The molecule has 1 aliphatic rings. The second kappa shape index (κ2) is 4.32. The van der Waals surface area contributed by atoms with E-state index in [0.29, 0.717) is 6.04 Å². The van der Waals surface area contributed by atoms with Gasteiger partial charge in [-0.05, 0) is 30.9 Å². The molecular weight excluding hydrogens is 210 g/mol. The lowest BCUT2D eigenvalue weighted by Crippen LogP contribution is -2.07. The molecule has 3 rings (SSSR count). The van der Waals surface area contributed by atoms with Gasteiger partial charge in [-0.2, -0.15) is 0 Å². The Kier molecular flexibility index (Phi) is 2.67. The minimum absolute atomic E-state index is 0.619. The van der Waals surface area contributed by atoms with E-state index in [1.165, 1.54) is 19.3 Å². The molecule has 1 saturated carbocycles. The van der Waals surface area contributed by atoms with Gasteiger partial charge in [0.25, 0.3) is 0 Å². The van der Waals surface area contributed by atoms with Crippen LogP contribution in [0, 0.1) is 5.92 Å². The van der Waals surface area contributed by atoms with E-state index in [0.717, 1.165) is 22.6 Å². The molecule has 0 bridgehead atoms. The van der Waals surface area contributed by atoms with Crippen LogP contribution in [0.5, 0.6) is 0 Å². The molecule has 0 saturated heterocycles. The van der Waals surface area contributed by atoms with Gasteiger partial charge in [0.15, 0.2) is 0 Å². The maximum atomic E-state index is 4.36. The van der Waals surface area contributed by atoms with Crippen LogP contribution < -0.4 is 5.32 Å². The summed E-state index contributed by atoms with van der Waals surface area (Å²) in [7, 11) is 0. The van der Waals surface area contributed by atoms with E-state index >= 15 is 0 Å². The summed E-state index contributed by atoms with van der Waals surface area (Å²) in [4.78, 5) is 8.63. The number of nitrogens with one attached hydrogen (secondary N) is 1. The van der Waals surface area contributed by atoms with Crippen molar-refractivity contribution in [2.24, 2.45) is 5.92 Å². The van der Waals surface area contributed by atoms with Crippen molar-refractivity contribution in [2.75, 3.05) is 5.32 Å². The van der Waals surface area contributed by atoms with E-state index in [1.54, 1.807) is 6.33 Å². The number of benzene rings is 1. The molecule has 2 unspecified atom stereocenters. The Morgan fingerprint density at radius 2 is 2.18 bits per heavy atom. The Morgan fingerprint density at radius 1 is 1.29 bits per heavy atom. The first-order valence-electron chi connectivity index (χ1n) is 6.34. The monoisotopic (exact) mass is 227 g/mol. The van der Waals surface area contributed by atoms with Crippen LogP contribution in [0.2, 0.25) is 0 Å². The van der Waals surface area contributed by atoms with Crippen LogP contribution in [0.4, 0.5) is 5.82 Å². The number of fused-ring (bicyclic) bond motifs is 1. The van der Waals surface area contributed by atoms with Crippen molar-refractivity contribution < 1.29 is 0 Å². The van der Waals surface area contributed by atoms with Crippen LogP contribution >= 0.6 is 0 Å². The van der Waals surface area contributed by atoms with Crippen LogP contribution in [-0.4, -0.2) is 16.0 Å². The van der Waals surface area contributed by atoms with Crippen molar-refractivity contribution >= 4 is 16.7 Å². The van der Waals surface area contributed by atoms with Gasteiger partial charge in [-0.15, -0.1) is 0 Å². The van der Waals surface area contributed by atoms with E-state index in [-0.39, 0.29) is 0 Å². The van der Waals surface area contributed by atoms with Crippen molar-refractivity contribution in [2.45, 2.75) is 32.2 Å². The van der Waals surface area contributed by atoms with Crippen molar-refractivity contribution in [3.8, 4) is 0 Å². The molecule has 88 valence electrons. The number of rotatable bonds is 4. The number of hydrogen-bond donors (Lipinski definition) is 1. The van der Waals surface area contributed by atoms with Gasteiger partial charge in [-0.25, -0.2) is 9.97 Å². The van der Waals surface area contributed by atoms with Gasteiger partial charge in [0.1, 0.15) is 12.1 Å². The second-order valence-corrected chi connectivity index (χ2v) is 4.77. The third kappa shape index (κ3) is 2.09. The van der Waals surface area contributed by atoms with Crippen molar-refractivity contribution in [3.63, 3.8) is 0 Å². The lowest BCUT2D eigenvalue weighted by molar-refractivity contribution is 0.692. The molecule has 17 heavy (non-hydrogen) atoms. The standard InChI is InChI=1S/C14H17N3/c1-2-5-10-8-13(10)17-14-11-6-3-4-7-12(11)15-9-16-14/h3-4,6-7,9-10,13H,2,5,8H2,1H3,(H,15,16,17). The number of aromatic nitrogens is 2. The second-order valence-electron chi connectivity index (χ2n) is 4.77. The quantitative estimate of drug-likeness (QED) is 0.871. The molecule has 0 aliphatic heterocycles. The van der Waals surface area contributed by atoms with E-state index in [1.807, 2.05) is 18.2 Å². The average Bonchev–Trinajstić information content (AvgIpc) is 3.08. The van der Waals surface area contributed by atoms with Crippen LogP contribution in [-0.2, 0) is 0 Å². The normalized spacial score (nSPS) is 22.6. The van der Waals surface area contributed by atoms with Crippen LogP contribution in [0.3, 0.4) is 0 Å². The van der Waals surface area contributed by atoms with Gasteiger partial charge >= 0.3 is 0 Å². The smallest absolute Gasteiger partial charge is 0.137 e. The molecule has 2 atom stereocenters. The molecule has 1 heterocycles. The molecule has 1 aromatic heterocycles. The maximum Gasteiger partial charge on any atom is 0.137 e. The first-order chi connectivity index (χ1) is 8.38. The molecule has 0 radical (unpaired) electrons. The molecule has 3 heteroatoms. The predicted octanol–water partition coefficient (Wildman–Crippen LogP) is 3.23. The van der Waals surface area contributed by atoms with Gasteiger partial charge in [0.2, 0.25) is 0 Å². The molecule has 0 amide bonds. The third-order valence-corrected chi connectivity index (χ3v) is 3.45. The largest absolute Gasteiger partial charge is 0.366 e. The zero-order valence-electron chi connectivity index (χ0n) is 10.1. The lowest BCUT2D eigenvalue weighted by Gasteiger charge is -2.07. The SMILES string of the molecule is CCCC1CC1Nc1ncnc2ccccc12. The summed E-state index contributed by atoms with van der Waals surface area (Å²) in [5.41, 5.74) is 1.01. The Labute approximate surface area is 101 Å². The molecule has 1 aliphatic carbocycles. The van der Waals surface area contributed by atoms with Gasteiger partial charge in [0, 0.05) is 11.4 Å². The summed E-state index contributed by atoms with van der Waals surface area (Å²) in [6.07, 6.45) is 5.52. The Hall–Kier alpha value is -1.64. The summed E-state index contributed by atoms with van der Waals surface area (Å²) in [6.45, 7) is 2.25. The lowest BCUT2D eigenvalue weighted by atomic mass is 10.2. The fourth-order valence-electron chi connectivity index (χ4n) is 2.41. The van der Waals surface area contributed by atoms with Gasteiger partial charge in [-0.1, -0.05) is 25.5 Å². The first kappa shape index (κ1) is 10.5. The molecule has 1 aromatic carbocycles. The van der Waals surface area contributed by atoms with Crippen molar-refractivity contribution in [3.05, 3.63) is 30.6 Å². The molecule has 0 spiro atoms. The topological polar surface area (TPSA) is 37.8 Å². The average molecular weight is 227 g/mol. The third-order valence-electron chi connectivity index (χ3n) is 3.45. The van der Waals surface area contributed by atoms with Gasteiger partial charge < -0.3 is 5.32 Å². The predicted molar refractivity (Wildman–Crippen MR) is 70.0 cm³/mol. The Bertz CT molecular complexity index is 518. The van der Waals surface area contributed by atoms with Crippen LogP contribution in [0.25, 0.3) is 10.9 Å². The number of hydrogen-bond acceptors (Lipinski definition) is 3. The van der Waals surface area contributed by atoms with E-state index in [4.69, 9.17) is 0 Å². The van der Waals surface area contributed by atoms with Gasteiger partial charge in [-0.3, -0.25) is 0 Å². The molecule has 2 aromatic rings. The van der Waals surface area contributed by atoms with Crippen LogP contribution in [0.15, 0.2) is 30.6 Å². The zero-order chi connectivity index (χ0) is 11.7. The highest BCUT2D eigenvalue weighted by atomic mass is 15.1. The summed E-state index contributed by atoms with van der Waals surface area (Å²) >= 11 is 0. The van der Waals surface area contributed by atoms with Crippen LogP contribution in [0.1, 0.15) is 26.2 Å². The van der Waals surface area contributed by atoms with Gasteiger partial charge in [0.05, 0.1) is 5.52 Å². The number of para-hydroxylation sites is 1. The Balaban J connectivity index is 1.82. The fraction of sp³-hybridized carbons (Fsp3) is 0.429. The summed E-state index contributed by atoms with van der Waals surface area (Å²) < 4.78 is 0. The highest BCUT2D eigenvalue weighted by Crippen LogP contribution is 2.37.